The van der Waals surface area contributed by atoms with E-state index in [0.29, 0.717) is 21.8 Å². The molecule has 0 spiro atoms. The van der Waals surface area contributed by atoms with Crippen molar-refractivity contribution in [3.05, 3.63) is 50.9 Å². The molecule has 1 aromatic heterocycles. The molecule has 1 heterocycles. The molecular formula is C15H11ClN2O4. The lowest BCUT2D eigenvalue weighted by atomic mass is 10.00. The minimum Gasteiger partial charge on any atom is -0.481 e. The summed E-state index contributed by atoms with van der Waals surface area (Å²) in [6.07, 6.45) is 0. The van der Waals surface area contributed by atoms with Gasteiger partial charge >= 0.3 is 5.97 Å². The van der Waals surface area contributed by atoms with E-state index in [9.17, 15) is 14.9 Å². The summed E-state index contributed by atoms with van der Waals surface area (Å²) in [5, 5.41) is 18.3. The van der Waals surface area contributed by atoms with E-state index >= 15 is 0 Å². The number of hydrogen-bond donors (Lipinski definition) is 2. The molecule has 0 saturated heterocycles. The van der Waals surface area contributed by atoms with Gasteiger partial charge in [0.2, 0.25) is 0 Å². The first-order valence-corrected chi connectivity index (χ1v) is 6.58. The molecule has 0 saturated carbocycles. The van der Waals surface area contributed by atoms with Gasteiger partial charge in [-0.2, -0.15) is 5.26 Å². The number of hydrogen-bond acceptors (Lipinski definition) is 4. The zero-order valence-corrected chi connectivity index (χ0v) is 12.3. The number of aryl methyl sites for hydroxylation is 1. The van der Waals surface area contributed by atoms with E-state index in [1.807, 2.05) is 6.07 Å². The maximum Gasteiger partial charge on any atom is 0.341 e. The second kappa shape index (κ2) is 6.33. The zero-order valence-electron chi connectivity index (χ0n) is 11.5. The van der Waals surface area contributed by atoms with Gasteiger partial charge in [-0.3, -0.25) is 4.79 Å². The number of pyridine rings is 1. The fourth-order valence-electron chi connectivity index (χ4n) is 1.99. The molecule has 0 atom stereocenters. The summed E-state index contributed by atoms with van der Waals surface area (Å²) in [6.45, 7) is 1.13. The highest BCUT2D eigenvalue weighted by Crippen LogP contribution is 2.34. The van der Waals surface area contributed by atoms with E-state index in [1.54, 1.807) is 13.0 Å². The molecule has 0 aliphatic rings. The number of carboxylic acids is 1. The molecule has 2 N–H and O–H groups in total. The Hall–Kier alpha value is -2.78. The van der Waals surface area contributed by atoms with Crippen LogP contribution in [0.2, 0.25) is 5.02 Å². The number of nitrogens with zero attached hydrogens (tertiary/aromatic N) is 1. The van der Waals surface area contributed by atoms with Gasteiger partial charge in [-0.1, -0.05) is 11.6 Å². The molecule has 22 heavy (non-hydrogen) atoms. The van der Waals surface area contributed by atoms with Gasteiger partial charge in [0.15, 0.2) is 6.61 Å². The largest absolute Gasteiger partial charge is 0.481 e. The fraction of sp³-hybridized carbons (Fsp3) is 0.133. The minimum atomic E-state index is -1.14. The molecule has 0 unspecified atom stereocenters. The van der Waals surface area contributed by atoms with Crippen molar-refractivity contribution in [3.8, 4) is 22.9 Å². The highest BCUT2D eigenvalue weighted by Gasteiger charge is 2.16. The van der Waals surface area contributed by atoms with Crippen LogP contribution in [-0.4, -0.2) is 22.7 Å². The Labute approximate surface area is 130 Å². The summed E-state index contributed by atoms with van der Waals surface area (Å²) >= 11 is 5.96. The van der Waals surface area contributed by atoms with E-state index in [2.05, 4.69) is 4.98 Å². The molecule has 112 valence electrons. The molecule has 0 aliphatic heterocycles. The number of carboxylic acid groups (broad SMARTS) is 1. The normalized spacial score (nSPS) is 10.0. The van der Waals surface area contributed by atoms with Crippen molar-refractivity contribution in [2.45, 2.75) is 6.92 Å². The van der Waals surface area contributed by atoms with Crippen LogP contribution in [0.4, 0.5) is 0 Å². The van der Waals surface area contributed by atoms with Crippen molar-refractivity contribution in [2.75, 3.05) is 6.61 Å². The second-order valence-corrected chi connectivity index (χ2v) is 4.94. The Kier molecular flexibility index (Phi) is 4.49. The Morgan fingerprint density at radius 1 is 1.41 bits per heavy atom. The third kappa shape index (κ3) is 3.27. The number of nitrogens with one attached hydrogen (secondary N) is 1. The predicted molar refractivity (Wildman–Crippen MR) is 80.1 cm³/mol. The summed E-state index contributed by atoms with van der Waals surface area (Å²) in [4.78, 5) is 25.1. The van der Waals surface area contributed by atoms with Crippen LogP contribution in [0, 0.1) is 18.3 Å². The molecule has 0 aliphatic carbocycles. The molecule has 6 nitrogen and oxygen atoms in total. The number of aromatic nitrogens is 1. The van der Waals surface area contributed by atoms with Crippen molar-refractivity contribution in [1.29, 1.82) is 5.26 Å². The standard InChI is InChI=1S/C15H11ClN2O4/c1-8-4-10(12(6-17)15(21)18-8)11-5-9(16)2-3-13(11)22-7-14(19)20/h2-5H,7H2,1H3,(H,18,21)(H,19,20). The second-order valence-electron chi connectivity index (χ2n) is 4.50. The first-order chi connectivity index (χ1) is 10.4. The number of nitriles is 1. The van der Waals surface area contributed by atoms with Gasteiger partial charge in [-0.25, -0.2) is 4.79 Å². The van der Waals surface area contributed by atoms with Crippen LogP contribution in [0.1, 0.15) is 11.3 Å². The van der Waals surface area contributed by atoms with E-state index in [-0.39, 0.29) is 11.3 Å². The van der Waals surface area contributed by atoms with Gasteiger partial charge in [0, 0.05) is 21.8 Å². The predicted octanol–water partition coefficient (Wildman–Crippen LogP) is 2.34. The Bertz CT molecular complexity index is 836. The van der Waals surface area contributed by atoms with E-state index in [1.165, 1.54) is 18.2 Å². The smallest absolute Gasteiger partial charge is 0.341 e. The quantitative estimate of drug-likeness (QED) is 0.900. The van der Waals surface area contributed by atoms with Crippen molar-refractivity contribution >= 4 is 17.6 Å². The summed E-state index contributed by atoms with van der Waals surface area (Å²) in [7, 11) is 0. The molecule has 7 heteroatoms. The van der Waals surface area contributed by atoms with E-state index in [0.717, 1.165) is 0 Å². The maximum absolute atomic E-state index is 11.9. The third-order valence-electron chi connectivity index (χ3n) is 2.86. The number of aliphatic carboxylic acids is 1. The van der Waals surface area contributed by atoms with Crippen LogP contribution in [0.25, 0.3) is 11.1 Å². The monoisotopic (exact) mass is 318 g/mol. The number of H-pyrrole nitrogens is 1. The van der Waals surface area contributed by atoms with Crippen molar-refractivity contribution in [1.82, 2.24) is 4.98 Å². The lowest BCUT2D eigenvalue weighted by Crippen LogP contribution is -2.14. The summed E-state index contributed by atoms with van der Waals surface area (Å²) in [6, 6.07) is 8.01. The molecule has 0 bridgehead atoms. The molecule has 1 aromatic carbocycles. The number of ether oxygens (including phenoxy) is 1. The molecule has 0 fully saturated rings. The minimum absolute atomic E-state index is 0.0898. The summed E-state index contributed by atoms with van der Waals surface area (Å²) in [5.41, 5.74) is 0.670. The van der Waals surface area contributed by atoms with E-state index < -0.39 is 18.1 Å². The zero-order chi connectivity index (χ0) is 16.3. The van der Waals surface area contributed by atoms with Gasteiger partial charge in [-0.05, 0) is 31.2 Å². The van der Waals surface area contributed by atoms with Gasteiger partial charge < -0.3 is 14.8 Å². The molecule has 2 aromatic rings. The molecule has 0 amide bonds. The maximum atomic E-state index is 11.9. The number of benzene rings is 1. The van der Waals surface area contributed by atoms with Gasteiger partial charge in [0.05, 0.1) is 0 Å². The lowest BCUT2D eigenvalue weighted by molar-refractivity contribution is -0.139. The van der Waals surface area contributed by atoms with Crippen LogP contribution < -0.4 is 10.3 Å². The molecule has 2 rings (SSSR count). The average Bonchev–Trinajstić information content (AvgIpc) is 2.45. The highest BCUT2D eigenvalue weighted by molar-refractivity contribution is 6.31. The topological polar surface area (TPSA) is 103 Å². The van der Waals surface area contributed by atoms with Crippen molar-refractivity contribution in [3.63, 3.8) is 0 Å². The van der Waals surface area contributed by atoms with Crippen molar-refractivity contribution < 1.29 is 14.6 Å². The number of carbonyl (C=O) groups is 1. The summed E-state index contributed by atoms with van der Waals surface area (Å²) in [5.74, 6) is -0.906. The summed E-state index contributed by atoms with van der Waals surface area (Å²) < 4.78 is 5.21. The highest BCUT2D eigenvalue weighted by atomic mass is 35.5. The number of halogens is 1. The van der Waals surface area contributed by atoms with Crippen LogP contribution in [-0.2, 0) is 4.79 Å². The van der Waals surface area contributed by atoms with Crippen molar-refractivity contribution in [2.24, 2.45) is 0 Å². The SMILES string of the molecule is Cc1cc(-c2cc(Cl)ccc2OCC(=O)O)c(C#N)c(=O)[nH]1. The van der Waals surface area contributed by atoms with Crippen LogP contribution in [0.5, 0.6) is 5.75 Å². The Morgan fingerprint density at radius 3 is 2.77 bits per heavy atom. The Morgan fingerprint density at radius 2 is 2.14 bits per heavy atom. The van der Waals surface area contributed by atoms with Gasteiger partial charge in [-0.15, -0.1) is 0 Å². The first kappa shape index (κ1) is 15.6. The van der Waals surface area contributed by atoms with Gasteiger partial charge in [0.1, 0.15) is 17.4 Å². The lowest BCUT2D eigenvalue weighted by Gasteiger charge is -2.12. The van der Waals surface area contributed by atoms with Crippen LogP contribution in [0.15, 0.2) is 29.1 Å². The fourth-order valence-corrected chi connectivity index (χ4v) is 2.16. The first-order valence-electron chi connectivity index (χ1n) is 6.21. The van der Waals surface area contributed by atoms with Crippen LogP contribution >= 0.6 is 11.6 Å². The Balaban J connectivity index is 2.66. The number of rotatable bonds is 4. The van der Waals surface area contributed by atoms with E-state index in [4.69, 9.17) is 21.4 Å². The molecular weight excluding hydrogens is 308 g/mol. The van der Waals surface area contributed by atoms with Gasteiger partial charge in [0.25, 0.3) is 5.56 Å². The molecule has 0 radical (unpaired) electrons. The third-order valence-corrected chi connectivity index (χ3v) is 3.10. The van der Waals surface area contributed by atoms with Crippen LogP contribution in [0.3, 0.4) is 0 Å². The number of aromatic amines is 1. The average molecular weight is 319 g/mol.